The summed E-state index contributed by atoms with van der Waals surface area (Å²) in [6.07, 6.45) is 5.28. The molecule has 0 saturated heterocycles. The number of furan rings is 1. The maximum atomic E-state index is 14.3. The zero-order valence-corrected chi connectivity index (χ0v) is 14.2. The summed E-state index contributed by atoms with van der Waals surface area (Å²) in [4.78, 5) is 13.0. The van der Waals surface area contributed by atoms with Crippen LogP contribution in [0.5, 0.6) is 0 Å². The van der Waals surface area contributed by atoms with Crippen LogP contribution in [-0.2, 0) is 16.6 Å². The number of carbonyl (C=O) groups excluding carboxylic acids is 1. The molecule has 1 amide bonds. The monoisotopic (exact) mass is 345 g/mol. The molecule has 5 heteroatoms. The van der Waals surface area contributed by atoms with Gasteiger partial charge in [0.05, 0.1) is 11.7 Å². The second-order valence-electron chi connectivity index (χ2n) is 6.81. The highest BCUT2D eigenvalue weighted by molar-refractivity contribution is 5.88. The van der Waals surface area contributed by atoms with E-state index in [1.165, 1.54) is 6.07 Å². The van der Waals surface area contributed by atoms with Gasteiger partial charge >= 0.3 is 0 Å². The van der Waals surface area contributed by atoms with E-state index < -0.39 is 5.41 Å². The molecule has 0 spiro atoms. The molecular weight excluding hydrogens is 321 g/mol. The molecule has 0 bridgehead atoms. The van der Waals surface area contributed by atoms with Crippen LogP contribution < -0.4 is 5.32 Å². The molecule has 4 nitrogen and oxygen atoms in total. The minimum atomic E-state index is -0.796. The summed E-state index contributed by atoms with van der Waals surface area (Å²) in [5.74, 6) is 0.175. The lowest BCUT2D eigenvalue weighted by molar-refractivity contribution is -0.127. The Morgan fingerprint density at radius 1 is 1.24 bits per heavy atom. The van der Waals surface area contributed by atoms with Gasteiger partial charge in [-0.25, -0.2) is 4.39 Å². The van der Waals surface area contributed by atoms with E-state index >= 15 is 0 Å². The predicted molar refractivity (Wildman–Crippen MR) is 92.5 cm³/mol. The van der Waals surface area contributed by atoms with E-state index in [9.17, 15) is 14.3 Å². The number of amides is 1. The summed E-state index contributed by atoms with van der Waals surface area (Å²) in [5.41, 5.74) is -0.313. The van der Waals surface area contributed by atoms with Gasteiger partial charge in [-0.2, -0.15) is 0 Å². The summed E-state index contributed by atoms with van der Waals surface area (Å²) < 4.78 is 19.6. The smallest absolute Gasteiger partial charge is 0.230 e. The van der Waals surface area contributed by atoms with E-state index in [2.05, 4.69) is 5.32 Å². The number of nitrogens with one attached hydrogen (secondary N) is 1. The van der Waals surface area contributed by atoms with Gasteiger partial charge < -0.3 is 14.8 Å². The highest BCUT2D eigenvalue weighted by atomic mass is 19.1. The molecule has 1 heterocycles. The van der Waals surface area contributed by atoms with Gasteiger partial charge in [-0.3, -0.25) is 4.79 Å². The Kier molecular flexibility index (Phi) is 5.53. The Morgan fingerprint density at radius 3 is 2.64 bits per heavy atom. The van der Waals surface area contributed by atoms with Crippen molar-refractivity contribution in [2.45, 2.75) is 37.5 Å². The molecule has 2 N–H and O–H groups in total. The van der Waals surface area contributed by atoms with Gasteiger partial charge in [0.25, 0.3) is 0 Å². The van der Waals surface area contributed by atoms with Gasteiger partial charge in [0.2, 0.25) is 5.91 Å². The van der Waals surface area contributed by atoms with Gasteiger partial charge in [-0.1, -0.05) is 31.0 Å². The Balaban J connectivity index is 1.70. The standard InChI is InChI=1S/C20H24FNO3/c21-18-8-2-1-7-17(18)20(9-3-4-10-20)19(24)22-13-15(14-23)12-16-6-5-11-25-16/h1-2,5-8,11,15,23H,3-4,9-10,12-14H2,(H,22,24). The van der Waals surface area contributed by atoms with Crippen LogP contribution in [0.3, 0.4) is 0 Å². The molecule has 1 aromatic heterocycles. The van der Waals surface area contributed by atoms with E-state index in [0.29, 0.717) is 31.4 Å². The van der Waals surface area contributed by atoms with Crippen LogP contribution in [0, 0.1) is 11.7 Å². The second kappa shape index (κ2) is 7.83. The minimum absolute atomic E-state index is 0.0479. The highest BCUT2D eigenvalue weighted by Crippen LogP contribution is 2.42. The Morgan fingerprint density at radius 2 is 2.00 bits per heavy atom. The maximum Gasteiger partial charge on any atom is 0.230 e. The lowest BCUT2D eigenvalue weighted by Gasteiger charge is -2.29. The third-order valence-electron chi connectivity index (χ3n) is 5.16. The number of halogens is 1. The molecule has 1 atom stereocenters. The van der Waals surface area contributed by atoms with Crippen molar-refractivity contribution in [3.8, 4) is 0 Å². The fourth-order valence-electron chi connectivity index (χ4n) is 3.77. The third-order valence-corrected chi connectivity index (χ3v) is 5.16. The molecule has 1 unspecified atom stereocenters. The Hall–Kier alpha value is -2.14. The highest BCUT2D eigenvalue weighted by Gasteiger charge is 2.44. The van der Waals surface area contributed by atoms with Crippen LogP contribution in [0.1, 0.15) is 37.0 Å². The first-order chi connectivity index (χ1) is 12.2. The van der Waals surface area contributed by atoms with Gasteiger partial charge in [0.1, 0.15) is 11.6 Å². The SMILES string of the molecule is O=C(NCC(CO)Cc1ccco1)C1(c2ccccc2F)CCCC1. The molecule has 0 aliphatic heterocycles. The van der Waals surface area contributed by atoms with Crippen molar-refractivity contribution in [1.82, 2.24) is 5.32 Å². The predicted octanol–water partition coefficient (Wildman–Crippen LogP) is 3.20. The van der Waals surface area contributed by atoms with Crippen molar-refractivity contribution in [2.24, 2.45) is 5.92 Å². The summed E-state index contributed by atoms with van der Waals surface area (Å²) in [7, 11) is 0. The van der Waals surface area contributed by atoms with Crippen LogP contribution in [0.2, 0.25) is 0 Å². The molecular formula is C20H24FNO3. The number of aliphatic hydroxyl groups excluding tert-OH is 1. The molecule has 134 valence electrons. The van der Waals surface area contributed by atoms with E-state index in [1.807, 2.05) is 6.07 Å². The molecule has 3 rings (SSSR count). The zero-order chi connectivity index (χ0) is 17.7. The van der Waals surface area contributed by atoms with Crippen molar-refractivity contribution in [3.63, 3.8) is 0 Å². The number of aliphatic hydroxyl groups is 1. The van der Waals surface area contributed by atoms with Crippen molar-refractivity contribution >= 4 is 5.91 Å². The van der Waals surface area contributed by atoms with E-state index in [0.717, 1.165) is 18.6 Å². The van der Waals surface area contributed by atoms with Gasteiger partial charge in [-0.05, 0) is 31.0 Å². The lowest BCUT2D eigenvalue weighted by atomic mass is 9.77. The number of carbonyl (C=O) groups is 1. The summed E-state index contributed by atoms with van der Waals surface area (Å²) in [6.45, 7) is 0.292. The average Bonchev–Trinajstić information content (AvgIpc) is 3.31. The van der Waals surface area contributed by atoms with Crippen molar-refractivity contribution in [3.05, 3.63) is 59.8 Å². The molecule has 1 fully saturated rings. The Bertz CT molecular complexity index is 693. The first-order valence-electron chi connectivity index (χ1n) is 8.82. The van der Waals surface area contributed by atoms with Crippen molar-refractivity contribution in [1.29, 1.82) is 0 Å². The van der Waals surface area contributed by atoms with E-state index in [4.69, 9.17) is 4.42 Å². The summed E-state index contributed by atoms with van der Waals surface area (Å²) in [6, 6.07) is 10.2. The van der Waals surface area contributed by atoms with Crippen LogP contribution in [-0.4, -0.2) is 24.2 Å². The normalized spacial score (nSPS) is 17.4. The number of hydrogen-bond acceptors (Lipinski definition) is 3. The van der Waals surface area contributed by atoms with Gasteiger partial charge in [0.15, 0.2) is 0 Å². The minimum Gasteiger partial charge on any atom is -0.469 e. The zero-order valence-electron chi connectivity index (χ0n) is 14.2. The second-order valence-corrected chi connectivity index (χ2v) is 6.81. The van der Waals surface area contributed by atoms with Crippen LogP contribution in [0.25, 0.3) is 0 Å². The summed E-state index contributed by atoms with van der Waals surface area (Å²) in [5, 5.41) is 12.5. The fraction of sp³-hybridized carbons (Fsp3) is 0.450. The molecule has 1 aliphatic rings. The molecule has 2 aromatic rings. The molecule has 1 saturated carbocycles. The lowest BCUT2D eigenvalue weighted by Crippen LogP contribution is -2.45. The largest absolute Gasteiger partial charge is 0.469 e. The molecule has 1 aromatic carbocycles. The quantitative estimate of drug-likeness (QED) is 0.810. The molecule has 1 aliphatic carbocycles. The molecule has 25 heavy (non-hydrogen) atoms. The maximum absolute atomic E-state index is 14.3. The molecule has 0 radical (unpaired) electrons. The average molecular weight is 345 g/mol. The van der Waals surface area contributed by atoms with E-state index in [1.54, 1.807) is 30.5 Å². The van der Waals surface area contributed by atoms with Crippen molar-refractivity contribution in [2.75, 3.05) is 13.2 Å². The fourth-order valence-corrected chi connectivity index (χ4v) is 3.77. The number of hydrogen-bond donors (Lipinski definition) is 2. The van der Waals surface area contributed by atoms with Crippen molar-refractivity contribution < 1.29 is 18.7 Å². The first kappa shape index (κ1) is 17.7. The van der Waals surface area contributed by atoms with Gasteiger partial charge in [0, 0.05) is 31.1 Å². The number of benzene rings is 1. The first-order valence-corrected chi connectivity index (χ1v) is 8.82. The van der Waals surface area contributed by atoms with Crippen LogP contribution in [0.15, 0.2) is 47.1 Å². The summed E-state index contributed by atoms with van der Waals surface area (Å²) >= 11 is 0. The number of rotatable bonds is 7. The van der Waals surface area contributed by atoms with Crippen LogP contribution >= 0.6 is 0 Å². The van der Waals surface area contributed by atoms with E-state index in [-0.39, 0.29) is 24.2 Å². The Labute approximate surface area is 147 Å². The van der Waals surface area contributed by atoms with Crippen LogP contribution in [0.4, 0.5) is 4.39 Å². The topological polar surface area (TPSA) is 62.5 Å². The van der Waals surface area contributed by atoms with Gasteiger partial charge in [-0.15, -0.1) is 0 Å². The third kappa shape index (κ3) is 3.76.